The van der Waals surface area contributed by atoms with E-state index >= 15 is 0 Å². The summed E-state index contributed by atoms with van der Waals surface area (Å²) in [5.41, 5.74) is 2.15. The molecule has 9 nitrogen and oxygen atoms in total. The van der Waals surface area contributed by atoms with Crippen molar-refractivity contribution in [3.63, 3.8) is 0 Å². The molecule has 0 spiro atoms. The van der Waals surface area contributed by atoms with Gasteiger partial charge in [-0.2, -0.15) is 0 Å². The molecule has 2 aromatic rings. The van der Waals surface area contributed by atoms with Gasteiger partial charge in [-0.1, -0.05) is 30.3 Å². The van der Waals surface area contributed by atoms with Crippen molar-refractivity contribution in [3.8, 4) is 0 Å². The van der Waals surface area contributed by atoms with E-state index in [0.717, 1.165) is 36.7 Å². The summed E-state index contributed by atoms with van der Waals surface area (Å²) in [5.74, 6) is 0.568. The van der Waals surface area contributed by atoms with Crippen molar-refractivity contribution in [1.29, 1.82) is 0 Å². The molecule has 0 bridgehead atoms. The zero-order chi connectivity index (χ0) is 22.2. The summed E-state index contributed by atoms with van der Waals surface area (Å²) in [5, 5.41) is 0. The maximum atomic E-state index is 13.4. The Kier molecular flexibility index (Phi) is 5.16. The summed E-state index contributed by atoms with van der Waals surface area (Å²) in [6.45, 7) is 4.02. The first-order valence-electron chi connectivity index (χ1n) is 10.9. The lowest BCUT2D eigenvalue weighted by atomic mass is 10.1. The summed E-state index contributed by atoms with van der Waals surface area (Å²) in [4.78, 5) is 42.3. The van der Waals surface area contributed by atoms with Gasteiger partial charge in [0.1, 0.15) is 0 Å². The van der Waals surface area contributed by atoms with E-state index in [4.69, 9.17) is 4.99 Å². The number of aromatic nitrogens is 2. The number of carbonyl (C=O) groups is 2. The minimum Gasteiger partial charge on any atom is -0.337 e. The quantitative estimate of drug-likeness (QED) is 0.667. The van der Waals surface area contributed by atoms with Crippen LogP contribution in [0.2, 0.25) is 0 Å². The monoisotopic (exact) mass is 433 g/mol. The van der Waals surface area contributed by atoms with E-state index in [2.05, 4.69) is 9.88 Å². The number of aliphatic imine (C=N–C) groups is 1. The number of nitrogens with zero attached hydrogens (tertiary/aromatic N) is 7. The molecule has 9 heteroatoms. The molecule has 1 aromatic carbocycles. The normalized spacial score (nSPS) is 22.3. The van der Waals surface area contributed by atoms with Gasteiger partial charge in [-0.05, 0) is 25.3 Å². The number of guanidine groups is 1. The summed E-state index contributed by atoms with van der Waals surface area (Å²) < 4.78 is 2.05. The van der Waals surface area contributed by atoms with Gasteiger partial charge >= 0.3 is 6.03 Å². The highest BCUT2D eigenvalue weighted by molar-refractivity contribution is 6.04. The average molecular weight is 434 g/mol. The van der Waals surface area contributed by atoms with Crippen LogP contribution in [0.25, 0.3) is 0 Å². The molecule has 32 heavy (non-hydrogen) atoms. The van der Waals surface area contributed by atoms with Crippen LogP contribution in [0, 0.1) is 0 Å². The third-order valence-corrected chi connectivity index (χ3v) is 6.33. The predicted molar refractivity (Wildman–Crippen MR) is 119 cm³/mol. The van der Waals surface area contributed by atoms with Crippen LogP contribution in [0.1, 0.15) is 18.9 Å². The highest BCUT2D eigenvalue weighted by atomic mass is 16.2. The second-order valence-corrected chi connectivity index (χ2v) is 8.39. The molecule has 0 radical (unpaired) electrons. The van der Waals surface area contributed by atoms with Crippen molar-refractivity contribution in [2.45, 2.75) is 38.5 Å². The molecule has 0 saturated carbocycles. The van der Waals surface area contributed by atoms with Crippen molar-refractivity contribution in [2.75, 3.05) is 20.1 Å². The van der Waals surface area contributed by atoms with E-state index in [0.29, 0.717) is 13.0 Å². The molecule has 0 N–H and O–H groups in total. The Bertz CT molecular complexity index is 1060. The molecule has 5 rings (SSSR count). The third-order valence-electron chi connectivity index (χ3n) is 6.33. The highest BCUT2D eigenvalue weighted by Crippen LogP contribution is 2.34. The molecular weight excluding hydrogens is 406 g/mol. The first kappa shape index (κ1) is 20.3. The van der Waals surface area contributed by atoms with Gasteiger partial charge in [-0.3, -0.25) is 9.69 Å². The Balaban J connectivity index is 1.30. The molecule has 2 unspecified atom stereocenters. The first-order chi connectivity index (χ1) is 15.5. The fourth-order valence-corrected chi connectivity index (χ4v) is 4.60. The van der Waals surface area contributed by atoms with Gasteiger partial charge in [0.2, 0.25) is 5.96 Å². The molecule has 1 saturated heterocycles. The van der Waals surface area contributed by atoms with Gasteiger partial charge in [0.15, 0.2) is 12.2 Å². The van der Waals surface area contributed by atoms with Crippen molar-refractivity contribution in [3.05, 3.63) is 66.5 Å². The molecule has 1 fully saturated rings. The zero-order valence-electron chi connectivity index (χ0n) is 18.3. The van der Waals surface area contributed by atoms with Crippen molar-refractivity contribution in [2.24, 2.45) is 4.99 Å². The lowest BCUT2D eigenvalue weighted by molar-refractivity contribution is -0.136. The topological polar surface area (TPSA) is 77.3 Å². The number of imidazole rings is 1. The van der Waals surface area contributed by atoms with E-state index in [1.165, 1.54) is 4.90 Å². The standard InChI is InChI=1S/C23H27N7O2/c1-17-15-30-19-20(25-22(30)28(17)12-6-11-27-14-10-24-16-27)26(2)23(32)29(21(19)31)13-9-18-7-4-3-5-8-18/h3-5,7-8,10,14-16,19-20H,6,9,11-13H2,1-2H3. The molecule has 0 aliphatic carbocycles. The van der Waals surface area contributed by atoms with Gasteiger partial charge < -0.3 is 19.3 Å². The van der Waals surface area contributed by atoms with Gasteiger partial charge in [-0.25, -0.2) is 14.8 Å². The van der Waals surface area contributed by atoms with Gasteiger partial charge in [-0.15, -0.1) is 0 Å². The van der Waals surface area contributed by atoms with Crippen LogP contribution in [0.15, 0.2) is 65.9 Å². The SMILES string of the molecule is CC1=CN2C(=NC3C2C(=O)N(CCc2ccccc2)C(=O)N3C)N1CCCn1ccnc1. The number of aryl methyl sites for hydroxylation is 1. The van der Waals surface area contributed by atoms with Gasteiger partial charge in [0.25, 0.3) is 5.91 Å². The third kappa shape index (κ3) is 3.43. The Labute approximate surface area is 187 Å². The summed E-state index contributed by atoms with van der Waals surface area (Å²) >= 11 is 0. The van der Waals surface area contributed by atoms with Gasteiger partial charge in [0.05, 0.1) is 6.33 Å². The Morgan fingerprint density at radius 3 is 2.59 bits per heavy atom. The number of hydrogen-bond donors (Lipinski definition) is 0. The van der Waals surface area contributed by atoms with Crippen LogP contribution in [0.3, 0.4) is 0 Å². The molecular formula is C23H27N7O2. The van der Waals surface area contributed by atoms with E-state index in [9.17, 15) is 9.59 Å². The maximum absolute atomic E-state index is 13.4. The number of benzene rings is 1. The predicted octanol–water partition coefficient (Wildman–Crippen LogP) is 1.95. The number of likely N-dealkylation sites (N-methyl/N-ethyl adjacent to an activating group) is 1. The van der Waals surface area contributed by atoms with Crippen LogP contribution in [0.5, 0.6) is 0 Å². The van der Waals surface area contributed by atoms with Crippen LogP contribution in [-0.2, 0) is 17.8 Å². The number of hydrogen-bond acceptors (Lipinski definition) is 6. The number of amides is 3. The lowest BCUT2D eigenvalue weighted by Crippen LogP contribution is -2.64. The highest BCUT2D eigenvalue weighted by Gasteiger charge is 2.54. The fourth-order valence-electron chi connectivity index (χ4n) is 4.60. The largest absolute Gasteiger partial charge is 0.337 e. The minimum atomic E-state index is -0.517. The smallest absolute Gasteiger partial charge is 0.328 e. The summed E-state index contributed by atoms with van der Waals surface area (Å²) in [6.07, 6.45) is 8.56. The molecule has 166 valence electrons. The van der Waals surface area contributed by atoms with Crippen LogP contribution in [-0.4, -0.2) is 79.4 Å². The van der Waals surface area contributed by atoms with Crippen molar-refractivity contribution in [1.82, 2.24) is 29.2 Å². The second-order valence-electron chi connectivity index (χ2n) is 8.39. The summed E-state index contributed by atoms with van der Waals surface area (Å²) in [6, 6.07) is 9.11. The number of carbonyl (C=O) groups excluding carboxylic acids is 2. The molecule has 3 aliphatic heterocycles. The number of rotatable bonds is 7. The number of urea groups is 1. The van der Waals surface area contributed by atoms with E-state index < -0.39 is 12.2 Å². The second kappa shape index (κ2) is 8.14. The Morgan fingerprint density at radius 1 is 1.03 bits per heavy atom. The summed E-state index contributed by atoms with van der Waals surface area (Å²) in [7, 11) is 1.73. The molecule has 3 aliphatic rings. The number of allylic oxidation sites excluding steroid dienone is 1. The number of fused-ring (bicyclic) bond motifs is 3. The minimum absolute atomic E-state index is 0.183. The number of imide groups is 1. The zero-order valence-corrected chi connectivity index (χ0v) is 18.3. The van der Waals surface area contributed by atoms with Crippen molar-refractivity contribution < 1.29 is 9.59 Å². The fraction of sp³-hybridized carbons (Fsp3) is 0.391. The first-order valence-corrected chi connectivity index (χ1v) is 10.9. The maximum Gasteiger partial charge on any atom is 0.328 e. The Morgan fingerprint density at radius 2 is 1.84 bits per heavy atom. The van der Waals surface area contributed by atoms with E-state index in [1.54, 1.807) is 18.1 Å². The average Bonchev–Trinajstić information content (AvgIpc) is 3.50. The Hall–Kier alpha value is -3.62. The lowest BCUT2D eigenvalue weighted by Gasteiger charge is -2.40. The van der Waals surface area contributed by atoms with Gasteiger partial charge in [0, 0.05) is 51.0 Å². The van der Waals surface area contributed by atoms with Crippen molar-refractivity contribution >= 4 is 17.9 Å². The molecule has 2 atom stereocenters. The van der Waals surface area contributed by atoms with E-state index in [-0.39, 0.29) is 11.9 Å². The molecule has 3 amide bonds. The van der Waals surface area contributed by atoms with Crippen LogP contribution >= 0.6 is 0 Å². The molecule has 1 aromatic heterocycles. The van der Waals surface area contributed by atoms with Crippen LogP contribution < -0.4 is 0 Å². The van der Waals surface area contributed by atoms with Crippen LogP contribution in [0.4, 0.5) is 4.79 Å². The molecule has 4 heterocycles. The van der Waals surface area contributed by atoms with E-state index in [1.807, 2.05) is 65.4 Å².